The van der Waals surface area contributed by atoms with Crippen molar-refractivity contribution in [2.75, 3.05) is 6.54 Å². The molecule has 2 nitrogen and oxygen atoms in total. The molecule has 0 fully saturated rings. The summed E-state index contributed by atoms with van der Waals surface area (Å²) in [6.45, 7) is 8.11. The van der Waals surface area contributed by atoms with Gasteiger partial charge in [-0.2, -0.15) is 0 Å². The van der Waals surface area contributed by atoms with Crippen LogP contribution >= 0.6 is 0 Å². The van der Waals surface area contributed by atoms with Crippen molar-refractivity contribution in [2.45, 2.75) is 27.7 Å². The lowest BCUT2D eigenvalue weighted by molar-refractivity contribution is 0.424. The first-order valence-electron chi connectivity index (χ1n) is 4.60. The molecule has 0 spiro atoms. The van der Waals surface area contributed by atoms with Gasteiger partial charge in [-0.3, -0.25) is 0 Å². The lowest BCUT2D eigenvalue weighted by Gasteiger charge is -1.96. The van der Waals surface area contributed by atoms with Crippen molar-refractivity contribution < 1.29 is 5.11 Å². The molecule has 0 amide bonds. The van der Waals surface area contributed by atoms with Gasteiger partial charge in [0.1, 0.15) is 5.76 Å². The van der Waals surface area contributed by atoms with Crippen LogP contribution in [0.15, 0.2) is 35.6 Å². The Hall–Kier alpha value is -1.02. The van der Waals surface area contributed by atoms with E-state index in [1.807, 2.05) is 32.9 Å². The van der Waals surface area contributed by atoms with Crippen LogP contribution in [0.3, 0.4) is 0 Å². The minimum absolute atomic E-state index is 0.255. The van der Waals surface area contributed by atoms with Crippen LogP contribution in [0, 0.1) is 0 Å². The summed E-state index contributed by atoms with van der Waals surface area (Å²) in [5.41, 5.74) is 6.10. The number of aliphatic hydroxyl groups is 1. The maximum Gasteiger partial charge on any atom is 0.115 e. The highest BCUT2D eigenvalue weighted by atomic mass is 16.3. The molecule has 13 heavy (non-hydrogen) atoms. The number of nitrogens with two attached hydrogens (primary N) is 1. The molecule has 0 aromatic heterocycles. The summed E-state index contributed by atoms with van der Waals surface area (Å²) in [7, 11) is 0. The summed E-state index contributed by atoms with van der Waals surface area (Å²) >= 11 is 0. The average Bonchev–Trinajstić information content (AvgIpc) is 2.20. The lowest BCUT2D eigenvalue weighted by atomic mass is 10.2. The minimum Gasteiger partial charge on any atom is -0.508 e. The van der Waals surface area contributed by atoms with Crippen molar-refractivity contribution in [3.63, 3.8) is 0 Å². The molecule has 0 saturated heterocycles. The Labute approximate surface area is 81.5 Å². The second kappa shape index (κ2) is 11.0. The van der Waals surface area contributed by atoms with Crippen molar-refractivity contribution in [2.24, 2.45) is 5.73 Å². The maximum atomic E-state index is 9.22. The third kappa shape index (κ3) is 8.89. The van der Waals surface area contributed by atoms with E-state index < -0.39 is 0 Å². The smallest absolute Gasteiger partial charge is 0.115 e. The van der Waals surface area contributed by atoms with Gasteiger partial charge in [-0.25, -0.2) is 0 Å². The highest BCUT2D eigenvalue weighted by molar-refractivity contribution is 5.21. The van der Waals surface area contributed by atoms with Crippen LogP contribution in [0.4, 0.5) is 0 Å². The van der Waals surface area contributed by atoms with Crippen LogP contribution in [-0.4, -0.2) is 11.7 Å². The summed E-state index contributed by atoms with van der Waals surface area (Å²) in [6, 6.07) is 0. The van der Waals surface area contributed by atoms with Crippen molar-refractivity contribution in [3.05, 3.63) is 35.6 Å². The fourth-order valence-corrected chi connectivity index (χ4v) is 0.505. The first-order valence-corrected chi connectivity index (χ1v) is 4.60. The van der Waals surface area contributed by atoms with Crippen molar-refractivity contribution in [1.29, 1.82) is 0 Å². The summed E-state index contributed by atoms with van der Waals surface area (Å²) in [4.78, 5) is 0. The second-order valence-electron chi connectivity index (χ2n) is 2.25. The zero-order valence-corrected chi connectivity index (χ0v) is 9.04. The molecule has 0 aliphatic rings. The third-order valence-electron chi connectivity index (χ3n) is 1.30. The topological polar surface area (TPSA) is 46.2 Å². The highest BCUT2D eigenvalue weighted by Gasteiger charge is 1.90. The van der Waals surface area contributed by atoms with E-state index in [1.165, 1.54) is 0 Å². The molecule has 76 valence electrons. The Balaban J connectivity index is 0. The Morgan fingerprint density at radius 2 is 1.85 bits per heavy atom. The number of rotatable bonds is 3. The Morgan fingerprint density at radius 3 is 2.23 bits per heavy atom. The zero-order valence-electron chi connectivity index (χ0n) is 9.04. The summed E-state index contributed by atoms with van der Waals surface area (Å²) in [6.07, 6.45) is 7.14. The van der Waals surface area contributed by atoms with Crippen LogP contribution in [0.2, 0.25) is 0 Å². The highest BCUT2D eigenvalue weighted by Crippen LogP contribution is 1.99. The molecule has 0 bridgehead atoms. The van der Waals surface area contributed by atoms with Crippen molar-refractivity contribution >= 4 is 0 Å². The van der Waals surface area contributed by atoms with Gasteiger partial charge in [0.25, 0.3) is 0 Å². The van der Waals surface area contributed by atoms with Crippen LogP contribution in [0.25, 0.3) is 0 Å². The second-order valence-corrected chi connectivity index (χ2v) is 2.25. The van der Waals surface area contributed by atoms with E-state index in [1.54, 1.807) is 19.1 Å². The van der Waals surface area contributed by atoms with Gasteiger partial charge in [0, 0.05) is 6.54 Å². The SMILES string of the molecule is CC.C\C=C/C=C\C(O)=C(/C)CN. The predicted molar refractivity (Wildman–Crippen MR) is 59.7 cm³/mol. The molecule has 0 rings (SSSR count). The Kier molecular flexibility index (Phi) is 12.2. The van der Waals surface area contributed by atoms with Crippen LogP contribution in [0.5, 0.6) is 0 Å². The fourth-order valence-electron chi connectivity index (χ4n) is 0.505. The molecule has 0 aliphatic heterocycles. The largest absolute Gasteiger partial charge is 0.508 e. The molecule has 0 atom stereocenters. The van der Waals surface area contributed by atoms with E-state index in [2.05, 4.69) is 0 Å². The van der Waals surface area contributed by atoms with Gasteiger partial charge in [0.2, 0.25) is 0 Å². The molecular weight excluding hydrogens is 162 g/mol. The predicted octanol–water partition coefficient (Wildman–Crippen LogP) is 2.94. The summed E-state index contributed by atoms with van der Waals surface area (Å²) in [5.74, 6) is 0.255. The summed E-state index contributed by atoms with van der Waals surface area (Å²) in [5, 5.41) is 9.22. The molecule has 0 heterocycles. The van der Waals surface area contributed by atoms with Crippen LogP contribution in [0.1, 0.15) is 27.7 Å². The van der Waals surface area contributed by atoms with E-state index >= 15 is 0 Å². The Morgan fingerprint density at radius 1 is 1.31 bits per heavy atom. The molecule has 0 saturated carbocycles. The van der Waals surface area contributed by atoms with Crippen molar-refractivity contribution in [1.82, 2.24) is 0 Å². The van der Waals surface area contributed by atoms with E-state index in [9.17, 15) is 5.11 Å². The van der Waals surface area contributed by atoms with E-state index in [-0.39, 0.29) is 5.76 Å². The van der Waals surface area contributed by atoms with Gasteiger partial charge < -0.3 is 10.8 Å². The van der Waals surface area contributed by atoms with Gasteiger partial charge in [-0.05, 0) is 25.5 Å². The van der Waals surface area contributed by atoms with Crippen molar-refractivity contribution in [3.8, 4) is 0 Å². The molecule has 2 heteroatoms. The molecular formula is C11H21NO. The average molecular weight is 183 g/mol. The van der Waals surface area contributed by atoms with Gasteiger partial charge >= 0.3 is 0 Å². The van der Waals surface area contributed by atoms with Gasteiger partial charge in [0.05, 0.1) is 0 Å². The van der Waals surface area contributed by atoms with Gasteiger partial charge in [0.15, 0.2) is 0 Å². The quantitative estimate of drug-likeness (QED) is 0.522. The van der Waals surface area contributed by atoms with Gasteiger partial charge in [-0.15, -0.1) is 0 Å². The first-order chi connectivity index (χ1) is 6.22. The number of hydrogen-bond acceptors (Lipinski definition) is 2. The minimum atomic E-state index is 0.255. The number of allylic oxidation sites excluding steroid dienone is 4. The molecule has 3 N–H and O–H groups in total. The molecule has 0 aromatic carbocycles. The zero-order chi connectivity index (χ0) is 10.7. The molecule has 0 aliphatic carbocycles. The Bertz CT molecular complexity index is 190. The normalized spacial score (nSPS) is 12.7. The third-order valence-corrected chi connectivity index (χ3v) is 1.30. The standard InChI is InChI=1S/C9H15NO.C2H6/c1-3-4-5-6-9(11)8(2)7-10;1-2/h3-6,11H,7,10H2,1-2H3;1-2H3/b4-3-,6-5-,9-8-;. The van der Waals surface area contributed by atoms with E-state index in [4.69, 9.17) is 5.73 Å². The van der Waals surface area contributed by atoms with Gasteiger partial charge in [-0.1, -0.05) is 32.1 Å². The monoisotopic (exact) mass is 183 g/mol. The van der Waals surface area contributed by atoms with Crippen LogP contribution < -0.4 is 5.73 Å². The van der Waals surface area contributed by atoms with Crippen LogP contribution in [-0.2, 0) is 0 Å². The number of hydrogen-bond donors (Lipinski definition) is 2. The lowest BCUT2D eigenvalue weighted by Crippen LogP contribution is -2.02. The van der Waals surface area contributed by atoms with E-state index in [0.717, 1.165) is 5.57 Å². The fraction of sp³-hybridized carbons (Fsp3) is 0.455. The molecule has 0 unspecified atom stereocenters. The van der Waals surface area contributed by atoms with E-state index in [0.29, 0.717) is 6.54 Å². The number of aliphatic hydroxyl groups excluding tert-OH is 1. The molecule has 0 radical (unpaired) electrons. The first kappa shape index (κ1) is 14.5. The summed E-state index contributed by atoms with van der Waals surface area (Å²) < 4.78 is 0. The molecule has 0 aromatic rings. The maximum absolute atomic E-state index is 9.22.